The van der Waals surface area contributed by atoms with Gasteiger partial charge in [0.25, 0.3) is 0 Å². The van der Waals surface area contributed by atoms with E-state index in [2.05, 4.69) is 25.1 Å². The molecule has 0 aliphatic rings. The van der Waals surface area contributed by atoms with Crippen LogP contribution in [0.1, 0.15) is 40.0 Å². The fourth-order valence-corrected chi connectivity index (χ4v) is 1.21. The van der Waals surface area contributed by atoms with E-state index in [0.717, 1.165) is 19.5 Å². The minimum atomic E-state index is -0.615. The van der Waals surface area contributed by atoms with Crippen LogP contribution in [0, 0.1) is 18.3 Å². The highest BCUT2D eigenvalue weighted by Crippen LogP contribution is 2.15. The van der Waals surface area contributed by atoms with Crippen LogP contribution in [-0.2, 0) is 0 Å². The van der Waals surface area contributed by atoms with E-state index in [0.29, 0.717) is 18.8 Å². The average molecular weight is 197 g/mol. The van der Waals surface area contributed by atoms with Crippen LogP contribution in [-0.4, -0.2) is 23.8 Å². The molecule has 1 atom stereocenters. The summed E-state index contributed by atoms with van der Waals surface area (Å²) in [6.07, 6.45) is 7.26. The molecule has 0 aliphatic carbocycles. The van der Waals surface area contributed by atoms with Crippen molar-refractivity contribution < 1.29 is 5.11 Å². The lowest BCUT2D eigenvalue weighted by Gasteiger charge is -2.22. The molecule has 0 fully saturated rings. The van der Waals surface area contributed by atoms with Crippen molar-refractivity contribution in [3.05, 3.63) is 0 Å². The van der Waals surface area contributed by atoms with Crippen molar-refractivity contribution in [2.45, 2.75) is 45.6 Å². The second kappa shape index (κ2) is 6.86. The molecule has 0 radical (unpaired) electrons. The van der Waals surface area contributed by atoms with Gasteiger partial charge in [-0.2, -0.15) is 0 Å². The number of hydrogen-bond acceptors (Lipinski definition) is 2. The third-order valence-corrected chi connectivity index (χ3v) is 2.20. The molecule has 14 heavy (non-hydrogen) atoms. The van der Waals surface area contributed by atoms with Crippen molar-refractivity contribution >= 4 is 0 Å². The van der Waals surface area contributed by atoms with Crippen molar-refractivity contribution in [1.29, 1.82) is 0 Å². The van der Waals surface area contributed by atoms with E-state index in [4.69, 9.17) is 6.42 Å². The van der Waals surface area contributed by atoms with Gasteiger partial charge in [-0.05, 0) is 38.8 Å². The number of terminal acetylenes is 1. The Hall–Kier alpha value is -0.520. The summed E-state index contributed by atoms with van der Waals surface area (Å²) in [5, 5.41) is 13.2. The molecule has 0 amide bonds. The van der Waals surface area contributed by atoms with Gasteiger partial charge in [-0.3, -0.25) is 0 Å². The van der Waals surface area contributed by atoms with Gasteiger partial charge >= 0.3 is 0 Å². The summed E-state index contributed by atoms with van der Waals surface area (Å²) in [5.74, 6) is 3.21. The molecule has 0 rings (SSSR count). The van der Waals surface area contributed by atoms with Gasteiger partial charge in [0, 0.05) is 6.42 Å². The summed E-state index contributed by atoms with van der Waals surface area (Å²) in [6, 6.07) is 0. The van der Waals surface area contributed by atoms with Crippen LogP contribution < -0.4 is 5.32 Å². The van der Waals surface area contributed by atoms with Crippen molar-refractivity contribution in [2.75, 3.05) is 13.1 Å². The third-order valence-electron chi connectivity index (χ3n) is 2.20. The van der Waals surface area contributed by atoms with Gasteiger partial charge in [-0.25, -0.2) is 0 Å². The minimum Gasteiger partial charge on any atom is -0.390 e. The fraction of sp³-hybridized carbons (Fsp3) is 0.833. The SMILES string of the molecule is C#CCCC(C)(O)CCNCC(C)C. The Morgan fingerprint density at radius 3 is 2.57 bits per heavy atom. The summed E-state index contributed by atoms with van der Waals surface area (Å²) < 4.78 is 0. The minimum absolute atomic E-state index is 0.615. The van der Waals surface area contributed by atoms with E-state index in [9.17, 15) is 5.11 Å². The van der Waals surface area contributed by atoms with Crippen LogP contribution >= 0.6 is 0 Å². The van der Waals surface area contributed by atoms with Gasteiger partial charge in [0.2, 0.25) is 0 Å². The maximum Gasteiger partial charge on any atom is 0.0641 e. The van der Waals surface area contributed by atoms with E-state index in [-0.39, 0.29) is 0 Å². The second-order valence-corrected chi connectivity index (χ2v) is 4.55. The number of aliphatic hydroxyl groups is 1. The molecule has 0 aromatic carbocycles. The zero-order valence-corrected chi connectivity index (χ0v) is 9.64. The molecule has 82 valence electrons. The predicted octanol–water partition coefficient (Wildman–Crippen LogP) is 1.79. The van der Waals surface area contributed by atoms with Crippen LogP contribution in [0.4, 0.5) is 0 Å². The van der Waals surface area contributed by atoms with Crippen molar-refractivity contribution in [3.63, 3.8) is 0 Å². The van der Waals surface area contributed by atoms with Crippen molar-refractivity contribution in [3.8, 4) is 12.3 Å². The Kier molecular flexibility index (Phi) is 6.61. The zero-order chi connectivity index (χ0) is 11.0. The van der Waals surface area contributed by atoms with Crippen molar-refractivity contribution in [1.82, 2.24) is 5.32 Å². The lowest BCUT2D eigenvalue weighted by molar-refractivity contribution is 0.0437. The number of nitrogens with one attached hydrogen (secondary N) is 1. The van der Waals surface area contributed by atoms with Crippen molar-refractivity contribution in [2.24, 2.45) is 5.92 Å². The van der Waals surface area contributed by atoms with Gasteiger partial charge in [-0.15, -0.1) is 12.3 Å². The van der Waals surface area contributed by atoms with Gasteiger partial charge in [0.05, 0.1) is 5.60 Å². The Morgan fingerprint density at radius 1 is 1.43 bits per heavy atom. The Balaban J connectivity index is 3.51. The Bertz CT molecular complexity index is 179. The molecule has 0 aliphatic heterocycles. The molecule has 0 aromatic rings. The van der Waals surface area contributed by atoms with Crippen LogP contribution in [0.3, 0.4) is 0 Å². The zero-order valence-electron chi connectivity index (χ0n) is 9.64. The first kappa shape index (κ1) is 13.5. The number of rotatable bonds is 7. The molecular formula is C12H23NO. The van der Waals surface area contributed by atoms with Crippen LogP contribution in [0.15, 0.2) is 0 Å². The molecule has 0 bridgehead atoms. The molecule has 0 saturated heterocycles. The topological polar surface area (TPSA) is 32.3 Å². The maximum absolute atomic E-state index is 9.88. The molecule has 2 N–H and O–H groups in total. The molecule has 0 spiro atoms. The highest BCUT2D eigenvalue weighted by atomic mass is 16.3. The predicted molar refractivity (Wildman–Crippen MR) is 61.0 cm³/mol. The van der Waals surface area contributed by atoms with E-state index in [1.165, 1.54) is 0 Å². The summed E-state index contributed by atoms with van der Waals surface area (Å²) in [7, 11) is 0. The Morgan fingerprint density at radius 2 is 2.07 bits per heavy atom. The first-order chi connectivity index (χ1) is 6.48. The number of hydrogen-bond donors (Lipinski definition) is 2. The molecule has 0 aromatic heterocycles. The molecule has 2 nitrogen and oxygen atoms in total. The molecular weight excluding hydrogens is 174 g/mol. The van der Waals surface area contributed by atoms with Crippen LogP contribution in [0.25, 0.3) is 0 Å². The lowest BCUT2D eigenvalue weighted by Crippen LogP contribution is -2.31. The summed E-state index contributed by atoms with van der Waals surface area (Å²) in [4.78, 5) is 0. The normalized spacial score (nSPS) is 15.1. The summed E-state index contributed by atoms with van der Waals surface area (Å²) >= 11 is 0. The van der Waals surface area contributed by atoms with Crippen LogP contribution in [0.2, 0.25) is 0 Å². The highest BCUT2D eigenvalue weighted by Gasteiger charge is 2.18. The smallest absolute Gasteiger partial charge is 0.0641 e. The van der Waals surface area contributed by atoms with Gasteiger partial charge in [-0.1, -0.05) is 13.8 Å². The quantitative estimate of drug-likeness (QED) is 0.482. The highest BCUT2D eigenvalue weighted by molar-refractivity contribution is 4.87. The van der Waals surface area contributed by atoms with Crippen LogP contribution in [0.5, 0.6) is 0 Å². The summed E-state index contributed by atoms with van der Waals surface area (Å²) in [6.45, 7) is 8.05. The third kappa shape index (κ3) is 8.10. The largest absolute Gasteiger partial charge is 0.390 e. The molecule has 2 heteroatoms. The lowest BCUT2D eigenvalue weighted by atomic mass is 9.96. The molecule has 0 saturated carbocycles. The first-order valence-electron chi connectivity index (χ1n) is 5.34. The summed E-state index contributed by atoms with van der Waals surface area (Å²) in [5.41, 5.74) is -0.615. The molecule has 0 heterocycles. The van der Waals surface area contributed by atoms with Gasteiger partial charge in [0.15, 0.2) is 0 Å². The van der Waals surface area contributed by atoms with Gasteiger partial charge in [0.1, 0.15) is 0 Å². The Labute approximate surface area is 88.1 Å². The second-order valence-electron chi connectivity index (χ2n) is 4.55. The first-order valence-corrected chi connectivity index (χ1v) is 5.34. The van der Waals surface area contributed by atoms with Gasteiger partial charge < -0.3 is 10.4 Å². The van der Waals surface area contributed by atoms with E-state index in [1.54, 1.807) is 0 Å². The molecule has 1 unspecified atom stereocenters. The average Bonchev–Trinajstić information content (AvgIpc) is 2.09. The standard InChI is InChI=1S/C12H23NO/c1-5-6-7-12(4,14)8-9-13-10-11(2)3/h1,11,13-14H,6-10H2,2-4H3. The maximum atomic E-state index is 9.88. The van der Waals surface area contributed by atoms with E-state index < -0.39 is 5.60 Å². The van der Waals surface area contributed by atoms with E-state index >= 15 is 0 Å². The van der Waals surface area contributed by atoms with E-state index in [1.807, 2.05) is 6.92 Å². The monoisotopic (exact) mass is 197 g/mol. The fourth-order valence-electron chi connectivity index (χ4n) is 1.21.